The molecule has 66 valence electrons. The van der Waals surface area contributed by atoms with Gasteiger partial charge in [0, 0.05) is 16.2 Å². The highest BCUT2D eigenvalue weighted by atomic mass is 35.5. The van der Waals surface area contributed by atoms with Crippen LogP contribution in [0.15, 0.2) is 6.07 Å². The predicted molar refractivity (Wildman–Crippen MR) is 54.3 cm³/mol. The van der Waals surface area contributed by atoms with Crippen LogP contribution in [-0.4, -0.2) is 5.84 Å². The van der Waals surface area contributed by atoms with E-state index < -0.39 is 0 Å². The van der Waals surface area contributed by atoms with E-state index in [0.29, 0.717) is 6.42 Å². The van der Waals surface area contributed by atoms with Gasteiger partial charge in [-0.3, -0.25) is 5.41 Å². The molecular weight excluding hydrogens is 192 g/mol. The molecule has 0 radical (unpaired) electrons. The summed E-state index contributed by atoms with van der Waals surface area (Å²) < 4.78 is 0. The molecule has 12 heavy (non-hydrogen) atoms. The second-order valence-electron chi connectivity index (χ2n) is 2.54. The fraction of sp³-hybridized carbons (Fsp3) is 0.375. The number of aryl methyl sites for hydroxylation is 1. The predicted octanol–water partition coefficient (Wildman–Crippen LogP) is 2.44. The molecule has 0 aromatic carbocycles. The number of thiophene rings is 1. The lowest BCUT2D eigenvalue weighted by Gasteiger charge is -1.91. The molecule has 0 aliphatic heterocycles. The maximum atomic E-state index is 7.11. The third kappa shape index (κ3) is 2.22. The molecule has 4 heteroatoms. The molecule has 0 fully saturated rings. The molecule has 0 unspecified atom stereocenters. The Morgan fingerprint density at radius 1 is 1.75 bits per heavy atom. The lowest BCUT2D eigenvalue weighted by atomic mass is 10.3. The molecule has 3 N–H and O–H groups in total. The smallest absolute Gasteiger partial charge is 0.0958 e. The maximum Gasteiger partial charge on any atom is 0.0958 e. The van der Waals surface area contributed by atoms with Gasteiger partial charge in [0.1, 0.15) is 0 Å². The van der Waals surface area contributed by atoms with Gasteiger partial charge in [0.15, 0.2) is 0 Å². The van der Waals surface area contributed by atoms with Crippen LogP contribution in [0.5, 0.6) is 0 Å². The van der Waals surface area contributed by atoms with Gasteiger partial charge in [-0.2, -0.15) is 0 Å². The van der Waals surface area contributed by atoms with Gasteiger partial charge >= 0.3 is 0 Å². The SMILES string of the molecule is CCc1sc(CC(=N)N)cc1Cl. The Balaban J connectivity index is 2.82. The molecule has 0 spiro atoms. The van der Waals surface area contributed by atoms with Crippen LogP contribution in [0, 0.1) is 5.41 Å². The third-order valence-electron chi connectivity index (χ3n) is 1.49. The number of nitrogens with one attached hydrogen (secondary N) is 1. The summed E-state index contributed by atoms with van der Waals surface area (Å²) in [6.07, 6.45) is 1.46. The summed E-state index contributed by atoms with van der Waals surface area (Å²) in [4.78, 5) is 2.25. The van der Waals surface area contributed by atoms with Crippen molar-refractivity contribution in [3.8, 4) is 0 Å². The molecule has 1 heterocycles. The van der Waals surface area contributed by atoms with Crippen LogP contribution in [0.1, 0.15) is 16.7 Å². The van der Waals surface area contributed by atoms with Crippen LogP contribution in [0.4, 0.5) is 0 Å². The lowest BCUT2D eigenvalue weighted by Crippen LogP contribution is -2.11. The van der Waals surface area contributed by atoms with Crippen LogP contribution < -0.4 is 5.73 Å². The first kappa shape index (κ1) is 9.55. The summed E-state index contributed by atoms with van der Waals surface area (Å²) in [6, 6.07) is 1.90. The van der Waals surface area contributed by atoms with E-state index in [9.17, 15) is 0 Å². The molecule has 1 rings (SSSR count). The number of rotatable bonds is 3. The fourth-order valence-electron chi connectivity index (χ4n) is 0.974. The zero-order valence-electron chi connectivity index (χ0n) is 6.86. The van der Waals surface area contributed by atoms with Crippen molar-refractivity contribution < 1.29 is 0 Å². The summed E-state index contributed by atoms with van der Waals surface area (Å²) in [6.45, 7) is 2.06. The van der Waals surface area contributed by atoms with Crippen molar-refractivity contribution in [1.29, 1.82) is 5.41 Å². The van der Waals surface area contributed by atoms with Crippen molar-refractivity contribution in [2.45, 2.75) is 19.8 Å². The summed E-state index contributed by atoms with van der Waals surface area (Å²) >= 11 is 7.56. The van der Waals surface area contributed by atoms with Gasteiger partial charge in [0.25, 0.3) is 0 Å². The zero-order chi connectivity index (χ0) is 9.14. The standard InChI is InChI=1S/C8H11ClN2S/c1-2-7-6(9)3-5(12-7)4-8(10)11/h3H,2,4H2,1H3,(H3,10,11). The molecular formula is C8H11ClN2S. The Labute approximate surface area is 80.9 Å². The molecule has 0 aliphatic carbocycles. The average Bonchev–Trinajstić information content (AvgIpc) is 2.29. The first-order valence-corrected chi connectivity index (χ1v) is 4.93. The summed E-state index contributed by atoms with van der Waals surface area (Å²) in [5, 5.41) is 7.91. The Kier molecular flexibility index (Phi) is 3.12. The Morgan fingerprint density at radius 3 is 2.83 bits per heavy atom. The number of amidine groups is 1. The van der Waals surface area contributed by atoms with Gasteiger partial charge in [-0.15, -0.1) is 11.3 Å². The third-order valence-corrected chi connectivity index (χ3v) is 3.22. The van der Waals surface area contributed by atoms with Crippen molar-refractivity contribution in [2.75, 3.05) is 0 Å². The van der Waals surface area contributed by atoms with E-state index in [-0.39, 0.29) is 5.84 Å². The second-order valence-corrected chi connectivity index (χ2v) is 4.17. The topological polar surface area (TPSA) is 49.9 Å². The minimum atomic E-state index is 0.190. The molecule has 0 atom stereocenters. The largest absolute Gasteiger partial charge is 0.387 e. The molecule has 0 saturated heterocycles. The highest BCUT2D eigenvalue weighted by molar-refractivity contribution is 7.12. The van der Waals surface area contributed by atoms with Crippen LogP contribution in [-0.2, 0) is 12.8 Å². The van der Waals surface area contributed by atoms with E-state index in [2.05, 4.69) is 6.92 Å². The maximum absolute atomic E-state index is 7.11. The van der Waals surface area contributed by atoms with Gasteiger partial charge in [-0.05, 0) is 12.5 Å². The summed E-state index contributed by atoms with van der Waals surface area (Å²) in [7, 11) is 0. The van der Waals surface area contributed by atoms with Crippen LogP contribution in [0.3, 0.4) is 0 Å². The average molecular weight is 203 g/mol. The molecule has 0 bridgehead atoms. The van der Waals surface area contributed by atoms with Gasteiger partial charge in [0.05, 0.1) is 10.9 Å². The number of hydrogen-bond acceptors (Lipinski definition) is 2. The van der Waals surface area contributed by atoms with E-state index >= 15 is 0 Å². The normalized spacial score (nSPS) is 10.2. The van der Waals surface area contributed by atoms with Crippen molar-refractivity contribution in [1.82, 2.24) is 0 Å². The number of halogens is 1. The van der Waals surface area contributed by atoms with Crippen molar-refractivity contribution in [3.05, 3.63) is 20.8 Å². The van der Waals surface area contributed by atoms with E-state index in [1.807, 2.05) is 6.07 Å². The number of hydrogen-bond donors (Lipinski definition) is 2. The lowest BCUT2D eigenvalue weighted by molar-refractivity contribution is 1.19. The van der Waals surface area contributed by atoms with Crippen molar-refractivity contribution in [2.24, 2.45) is 5.73 Å². The first-order valence-electron chi connectivity index (χ1n) is 3.73. The minimum Gasteiger partial charge on any atom is -0.387 e. The van der Waals surface area contributed by atoms with E-state index in [1.54, 1.807) is 11.3 Å². The van der Waals surface area contributed by atoms with Crippen LogP contribution in [0.2, 0.25) is 5.02 Å². The highest BCUT2D eigenvalue weighted by Crippen LogP contribution is 2.27. The summed E-state index contributed by atoms with van der Waals surface area (Å²) in [5.41, 5.74) is 5.27. The Hall–Kier alpha value is -0.540. The van der Waals surface area contributed by atoms with Gasteiger partial charge in [-0.1, -0.05) is 18.5 Å². The van der Waals surface area contributed by atoms with Gasteiger partial charge < -0.3 is 5.73 Å². The van der Waals surface area contributed by atoms with Crippen LogP contribution >= 0.6 is 22.9 Å². The molecule has 0 aliphatic rings. The van der Waals surface area contributed by atoms with Gasteiger partial charge in [-0.25, -0.2) is 0 Å². The molecule has 1 aromatic heterocycles. The van der Waals surface area contributed by atoms with Crippen LogP contribution in [0.25, 0.3) is 0 Å². The molecule has 0 saturated carbocycles. The Bertz CT molecular complexity index is 293. The van der Waals surface area contributed by atoms with E-state index in [0.717, 1.165) is 16.3 Å². The molecule has 2 nitrogen and oxygen atoms in total. The molecule has 1 aromatic rings. The van der Waals surface area contributed by atoms with E-state index in [1.165, 1.54) is 4.88 Å². The molecule has 0 amide bonds. The first-order chi connectivity index (χ1) is 5.63. The van der Waals surface area contributed by atoms with Crippen molar-refractivity contribution in [3.63, 3.8) is 0 Å². The second kappa shape index (κ2) is 3.92. The van der Waals surface area contributed by atoms with Gasteiger partial charge in [0.2, 0.25) is 0 Å². The fourth-order valence-corrected chi connectivity index (χ4v) is 2.44. The minimum absolute atomic E-state index is 0.190. The monoisotopic (exact) mass is 202 g/mol. The Morgan fingerprint density at radius 2 is 2.42 bits per heavy atom. The summed E-state index contributed by atoms with van der Waals surface area (Å²) in [5.74, 6) is 0.190. The number of nitrogens with two attached hydrogens (primary N) is 1. The van der Waals surface area contributed by atoms with Crippen molar-refractivity contribution >= 4 is 28.8 Å². The highest BCUT2D eigenvalue weighted by Gasteiger charge is 2.05. The zero-order valence-corrected chi connectivity index (χ0v) is 8.43. The quantitative estimate of drug-likeness (QED) is 0.574. The van der Waals surface area contributed by atoms with E-state index in [4.69, 9.17) is 22.7 Å².